The van der Waals surface area contributed by atoms with Gasteiger partial charge in [0, 0.05) is 10.9 Å². The van der Waals surface area contributed by atoms with Gasteiger partial charge < -0.3 is 5.32 Å². The van der Waals surface area contributed by atoms with Crippen LogP contribution in [-0.2, 0) is 6.42 Å². The Hall–Kier alpha value is -0.550. The van der Waals surface area contributed by atoms with Gasteiger partial charge in [0.05, 0.1) is 6.42 Å². The molecule has 92 valence electrons. The molecule has 0 aliphatic carbocycles. The maximum Gasteiger partial charge on any atom is 0.390 e. The number of aryl methyl sites for hydroxylation is 1. The third-order valence-electron chi connectivity index (χ3n) is 2.21. The molecule has 1 atom stereocenters. The van der Waals surface area contributed by atoms with Crippen LogP contribution in [0.15, 0.2) is 17.5 Å². The number of hydrogen-bond acceptors (Lipinski definition) is 2. The van der Waals surface area contributed by atoms with Crippen molar-refractivity contribution < 1.29 is 13.2 Å². The Morgan fingerprint density at radius 2 is 2.19 bits per heavy atom. The summed E-state index contributed by atoms with van der Waals surface area (Å²) in [5.41, 5.74) is 0. The molecule has 1 heterocycles. The lowest BCUT2D eigenvalue weighted by molar-refractivity contribution is -0.139. The van der Waals surface area contributed by atoms with Crippen LogP contribution in [0.25, 0.3) is 0 Å². The molecular weight excluding hydrogens is 235 g/mol. The van der Waals surface area contributed by atoms with Gasteiger partial charge in [-0.05, 0) is 37.8 Å². The SMILES string of the molecule is CC(CC(F)(F)F)NCCCc1cccs1. The average molecular weight is 251 g/mol. The van der Waals surface area contributed by atoms with E-state index >= 15 is 0 Å². The Labute approximate surface area is 97.7 Å². The normalized spacial score (nSPS) is 14.0. The van der Waals surface area contributed by atoms with Crippen molar-refractivity contribution in [2.24, 2.45) is 0 Å². The van der Waals surface area contributed by atoms with Gasteiger partial charge in [-0.15, -0.1) is 11.3 Å². The zero-order valence-electron chi connectivity index (χ0n) is 9.18. The topological polar surface area (TPSA) is 12.0 Å². The van der Waals surface area contributed by atoms with Crippen molar-refractivity contribution in [1.82, 2.24) is 5.32 Å². The lowest BCUT2D eigenvalue weighted by Crippen LogP contribution is -2.31. The van der Waals surface area contributed by atoms with Crippen molar-refractivity contribution in [2.45, 2.75) is 38.4 Å². The highest BCUT2D eigenvalue weighted by Crippen LogP contribution is 2.21. The van der Waals surface area contributed by atoms with Gasteiger partial charge in [0.15, 0.2) is 0 Å². The molecule has 0 spiro atoms. The summed E-state index contributed by atoms with van der Waals surface area (Å²) in [6, 6.07) is 3.53. The van der Waals surface area contributed by atoms with E-state index in [1.165, 1.54) is 4.88 Å². The second-order valence-electron chi connectivity index (χ2n) is 3.86. The van der Waals surface area contributed by atoms with Crippen LogP contribution in [0.1, 0.15) is 24.6 Å². The number of alkyl halides is 3. The van der Waals surface area contributed by atoms with E-state index in [1.54, 1.807) is 18.3 Å². The number of thiophene rings is 1. The highest BCUT2D eigenvalue weighted by atomic mass is 32.1. The summed E-state index contributed by atoms with van der Waals surface area (Å²) in [6.07, 6.45) is -3.02. The van der Waals surface area contributed by atoms with E-state index in [9.17, 15) is 13.2 Å². The Morgan fingerprint density at radius 1 is 1.44 bits per heavy atom. The van der Waals surface area contributed by atoms with Crippen LogP contribution in [0.3, 0.4) is 0 Å². The van der Waals surface area contributed by atoms with Gasteiger partial charge in [-0.1, -0.05) is 6.07 Å². The largest absolute Gasteiger partial charge is 0.390 e. The molecule has 1 unspecified atom stereocenters. The van der Waals surface area contributed by atoms with Crippen LogP contribution in [0.4, 0.5) is 13.2 Å². The molecule has 0 radical (unpaired) electrons. The number of halogens is 3. The first-order chi connectivity index (χ1) is 7.47. The van der Waals surface area contributed by atoms with Gasteiger partial charge in [-0.3, -0.25) is 0 Å². The van der Waals surface area contributed by atoms with Crippen LogP contribution in [0.2, 0.25) is 0 Å². The fourth-order valence-electron chi connectivity index (χ4n) is 1.49. The number of nitrogens with one attached hydrogen (secondary N) is 1. The molecule has 1 aromatic rings. The Kier molecular flexibility index (Phi) is 5.28. The molecule has 0 fully saturated rings. The van der Waals surface area contributed by atoms with Crippen LogP contribution >= 0.6 is 11.3 Å². The Bertz CT molecular complexity index is 282. The van der Waals surface area contributed by atoms with Crippen molar-refractivity contribution in [3.63, 3.8) is 0 Å². The second-order valence-corrected chi connectivity index (χ2v) is 4.89. The second kappa shape index (κ2) is 6.25. The summed E-state index contributed by atoms with van der Waals surface area (Å²) in [4.78, 5) is 1.28. The van der Waals surface area contributed by atoms with Gasteiger partial charge in [-0.25, -0.2) is 0 Å². The molecule has 1 rings (SSSR count). The van der Waals surface area contributed by atoms with Crippen molar-refractivity contribution in [3.05, 3.63) is 22.4 Å². The monoisotopic (exact) mass is 251 g/mol. The third-order valence-corrected chi connectivity index (χ3v) is 3.15. The minimum atomic E-state index is -4.07. The molecule has 1 N–H and O–H groups in total. The van der Waals surface area contributed by atoms with E-state index in [4.69, 9.17) is 0 Å². The molecule has 0 amide bonds. The van der Waals surface area contributed by atoms with Gasteiger partial charge in [0.1, 0.15) is 0 Å². The van der Waals surface area contributed by atoms with Crippen LogP contribution in [0, 0.1) is 0 Å². The smallest absolute Gasteiger partial charge is 0.314 e. The zero-order valence-corrected chi connectivity index (χ0v) is 10.00. The summed E-state index contributed by atoms with van der Waals surface area (Å²) in [5.74, 6) is 0. The van der Waals surface area contributed by atoms with Crippen molar-refractivity contribution >= 4 is 11.3 Å². The summed E-state index contributed by atoms with van der Waals surface area (Å²) in [7, 11) is 0. The molecule has 0 aliphatic rings. The van der Waals surface area contributed by atoms with E-state index in [0.29, 0.717) is 6.54 Å². The molecule has 0 saturated carbocycles. The fraction of sp³-hybridized carbons (Fsp3) is 0.636. The van der Waals surface area contributed by atoms with E-state index in [0.717, 1.165) is 12.8 Å². The Morgan fingerprint density at radius 3 is 2.75 bits per heavy atom. The first-order valence-electron chi connectivity index (χ1n) is 5.30. The minimum absolute atomic E-state index is 0.497. The molecule has 0 bridgehead atoms. The predicted octanol–water partition coefficient (Wildman–Crippen LogP) is 3.61. The van der Waals surface area contributed by atoms with Gasteiger partial charge in [-0.2, -0.15) is 13.2 Å². The quantitative estimate of drug-likeness (QED) is 0.762. The van der Waals surface area contributed by atoms with Crippen molar-refractivity contribution in [3.8, 4) is 0 Å². The first kappa shape index (κ1) is 13.5. The van der Waals surface area contributed by atoms with Crippen LogP contribution in [0.5, 0.6) is 0 Å². The number of hydrogen-bond donors (Lipinski definition) is 1. The highest BCUT2D eigenvalue weighted by molar-refractivity contribution is 7.09. The van der Waals surface area contributed by atoms with Crippen LogP contribution < -0.4 is 5.32 Å². The minimum Gasteiger partial charge on any atom is -0.314 e. The van der Waals surface area contributed by atoms with Gasteiger partial charge in [0.2, 0.25) is 0 Å². The van der Waals surface area contributed by atoms with Gasteiger partial charge >= 0.3 is 6.18 Å². The Balaban J connectivity index is 2.07. The molecule has 0 aromatic carbocycles. The molecular formula is C11H16F3NS. The summed E-state index contributed by atoms with van der Waals surface area (Å²) in [5, 5.41) is 4.90. The van der Waals surface area contributed by atoms with E-state index < -0.39 is 18.6 Å². The summed E-state index contributed by atoms with van der Waals surface area (Å²) < 4.78 is 36.0. The maximum absolute atomic E-state index is 12.0. The molecule has 1 aromatic heterocycles. The van der Waals surface area contributed by atoms with Crippen molar-refractivity contribution in [2.75, 3.05) is 6.54 Å². The molecule has 1 nitrogen and oxygen atoms in total. The molecule has 0 saturated heterocycles. The highest BCUT2D eigenvalue weighted by Gasteiger charge is 2.29. The van der Waals surface area contributed by atoms with Gasteiger partial charge in [0.25, 0.3) is 0 Å². The van der Waals surface area contributed by atoms with E-state index in [-0.39, 0.29) is 0 Å². The standard InChI is InChI=1S/C11H16F3NS/c1-9(8-11(12,13)14)15-6-2-4-10-5-3-7-16-10/h3,5,7,9,15H,2,4,6,8H2,1H3. The van der Waals surface area contributed by atoms with E-state index in [1.807, 2.05) is 17.5 Å². The fourth-order valence-corrected chi connectivity index (χ4v) is 2.24. The lowest BCUT2D eigenvalue weighted by atomic mass is 10.2. The van der Waals surface area contributed by atoms with Crippen molar-refractivity contribution in [1.29, 1.82) is 0 Å². The molecule has 16 heavy (non-hydrogen) atoms. The predicted molar refractivity (Wildman–Crippen MR) is 60.8 cm³/mol. The van der Waals surface area contributed by atoms with Crippen LogP contribution in [-0.4, -0.2) is 18.8 Å². The first-order valence-corrected chi connectivity index (χ1v) is 6.18. The zero-order chi connectivity index (χ0) is 12.0. The lowest BCUT2D eigenvalue weighted by Gasteiger charge is -2.15. The molecule has 0 aliphatic heterocycles. The third kappa shape index (κ3) is 6.12. The summed E-state index contributed by atoms with van der Waals surface area (Å²) in [6.45, 7) is 2.20. The number of rotatable bonds is 6. The average Bonchev–Trinajstić information content (AvgIpc) is 2.62. The molecule has 5 heteroatoms. The van der Waals surface area contributed by atoms with E-state index in [2.05, 4.69) is 5.32 Å². The maximum atomic E-state index is 12.0. The summed E-state index contributed by atoms with van der Waals surface area (Å²) >= 11 is 1.68.